The minimum atomic E-state index is -0.321. The molecule has 25 heavy (non-hydrogen) atoms. The Morgan fingerprint density at radius 2 is 1.96 bits per heavy atom. The molecule has 1 fully saturated rings. The summed E-state index contributed by atoms with van der Waals surface area (Å²) in [5, 5.41) is 5.38. The van der Waals surface area contributed by atoms with Gasteiger partial charge in [-0.2, -0.15) is 0 Å². The smallest absolute Gasteiger partial charge is 0.323 e. The van der Waals surface area contributed by atoms with E-state index in [4.69, 9.17) is 4.74 Å². The second-order valence-electron chi connectivity index (χ2n) is 6.50. The number of hydrogen-bond donors (Lipinski definition) is 1. The van der Waals surface area contributed by atoms with Crippen molar-refractivity contribution in [3.63, 3.8) is 0 Å². The average molecular weight is 340 g/mol. The van der Waals surface area contributed by atoms with Gasteiger partial charge in [-0.15, -0.1) is 0 Å². The third-order valence-corrected chi connectivity index (χ3v) is 4.76. The molecule has 3 rings (SSSR count). The molecule has 5 heteroatoms. The van der Waals surface area contributed by atoms with Gasteiger partial charge in [0.15, 0.2) is 0 Å². The van der Waals surface area contributed by atoms with Gasteiger partial charge in [-0.3, -0.25) is 14.5 Å². The van der Waals surface area contributed by atoms with E-state index in [1.807, 2.05) is 19.1 Å². The van der Waals surface area contributed by atoms with Gasteiger partial charge in [0.25, 0.3) is 0 Å². The Kier molecular flexibility index (Phi) is 5.34. The first-order valence-corrected chi connectivity index (χ1v) is 8.69. The summed E-state index contributed by atoms with van der Waals surface area (Å²) in [7, 11) is 1.41. The van der Waals surface area contributed by atoms with Crippen LogP contribution in [0.15, 0.2) is 42.5 Å². The predicted octanol–water partition coefficient (Wildman–Crippen LogP) is 2.48. The monoisotopic (exact) mass is 340 g/mol. The molecule has 132 valence electrons. The molecule has 1 N–H and O–H groups in total. The van der Waals surface area contributed by atoms with Crippen LogP contribution in [0, 0.1) is 0 Å². The minimum Gasteiger partial charge on any atom is -0.468 e. The number of carbonyl (C=O) groups excluding carboxylic acids is 2. The zero-order valence-corrected chi connectivity index (χ0v) is 14.7. The van der Waals surface area contributed by atoms with Crippen LogP contribution in [-0.4, -0.2) is 42.5 Å². The highest BCUT2D eigenvalue weighted by Gasteiger charge is 2.37. The first kappa shape index (κ1) is 17.4. The molecule has 1 amide bonds. The number of benzene rings is 2. The molecule has 0 radical (unpaired) electrons. The number of fused-ring (bicyclic) bond motifs is 1. The normalized spacial score (nSPS) is 20.6. The highest BCUT2D eigenvalue weighted by atomic mass is 16.5. The third kappa shape index (κ3) is 3.99. The summed E-state index contributed by atoms with van der Waals surface area (Å²) in [6, 6.07) is 14.2. The van der Waals surface area contributed by atoms with Crippen molar-refractivity contribution in [1.29, 1.82) is 0 Å². The predicted molar refractivity (Wildman–Crippen MR) is 97.0 cm³/mol. The number of carbonyl (C=O) groups is 2. The molecule has 1 saturated heterocycles. The summed E-state index contributed by atoms with van der Waals surface area (Å²) >= 11 is 0. The van der Waals surface area contributed by atoms with Crippen LogP contribution in [0.2, 0.25) is 0 Å². The molecular formula is C20H24N2O3. The molecule has 1 aliphatic heterocycles. The molecule has 2 atom stereocenters. The molecule has 2 aromatic carbocycles. The highest BCUT2D eigenvalue weighted by molar-refractivity contribution is 5.83. The van der Waals surface area contributed by atoms with E-state index in [9.17, 15) is 9.59 Å². The number of ether oxygens (including phenoxy) is 1. The lowest BCUT2D eigenvalue weighted by molar-refractivity contribution is -0.146. The number of hydrogen-bond acceptors (Lipinski definition) is 4. The van der Waals surface area contributed by atoms with Crippen molar-refractivity contribution in [2.45, 2.75) is 38.4 Å². The maximum absolute atomic E-state index is 12.2. The van der Waals surface area contributed by atoms with Crippen LogP contribution in [0.3, 0.4) is 0 Å². The van der Waals surface area contributed by atoms with Crippen molar-refractivity contribution in [3.05, 3.63) is 48.0 Å². The molecule has 0 aromatic heterocycles. The Bertz CT molecular complexity index is 774. The van der Waals surface area contributed by atoms with Gasteiger partial charge in [0.05, 0.1) is 7.11 Å². The van der Waals surface area contributed by atoms with Gasteiger partial charge in [-0.05, 0) is 28.8 Å². The van der Waals surface area contributed by atoms with Crippen molar-refractivity contribution in [2.24, 2.45) is 0 Å². The van der Waals surface area contributed by atoms with E-state index in [-0.39, 0.29) is 24.0 Å². The number of rotatable bonds is 5. The van der Waals surface area contributed by atoms with Crippen LogP contribution in [0.1, 0.15) is 25.3 Å². The first-order chi connectivity index (χ1) is 12.1. The van der Waals surface area contributed by atoms with Gasteiger partial charge in [0, 0.05) is 25.6 Å². The largest absolute Gasteiger partial charge is 0.468 e. The molecule has 0 aliphatic carbocycles. The van der Waals surface area contributed by atoms with Gasteiger partial charge in [-0.25, -0.2) is 0 Å². The first-order valence-electron chi connectivity index (χ1n) is 8.69. The lowest BCUT2D eigenvalue weighted by Gasteiger charge is -2.22. The van der Waals surface area contributed by atoms with Crippen LogP contribution in [-0.2, 0) is 20.9 Å². The molecular weight excluding hydrogens is 316 g/mol. The summed E-state index contributed by atoms with van der Waals surface area (Å²) in [5.74, 6) is -0.227. The summed E-state index contributed by atoms with van der Waals surface area (Å²) in [5.41, 5.74) is 1.15. The quantitative estimate of drug-likeness (QED) is 0.850. The van der Waals surface area contributed by atoms with E-state index in [2.05, 4.69) is 40.5 Å². The molecule has 2 aromatic rings. The van der Waals surface area contributed by atoms with Gasteiger partial charge >= 0.3 is 5.97 Å². The van der Waals surface area contributed by atoms with Crippen LogP contribution in [0.4, 0.5) is 0 Å². The lowest BCUT2D eigenvalue weighted by atomic mass is 10.1. The SMILES string of the molecule is CCC(=O)N[C@H]1C[C@@H](C(=O)OC)N(Cc2ccc3ccccc3c2)C1. The van der Waals surface area contributed by atoms with Crippen LogP contribution < -0.4 is 5.32 Å². The maximum Gasteiger partial charge on any atom is 0.323 e. The molecule has 0 spiro atoms. The fourth-order valence-corrected chi connectivity index (χ4v) is 3.47. The van der Waals surface area contributed by atoms with Crippen molar-refractivity contribution < 1.29 is 14.3 Å². The molecule has 0 bridgehead atoms. The van der Waals surface area contributed by atoms with Crippen LogP contribution in [0.5, 0.6) is 0 Å². The van der Waals surface area contributed by atoms with E-state index >= 15 is 0 Å². The van der Waals surface area contributed by atoms with Crippen molar-refractivity contribution in [2.75, 3.05) is 13.7 Å². The van der Waals surface area contributed by atoms with Crippen molar-refractivity contribution in [3.8, 4) is 0 Å². The van der Waals surface area contributed by atoms with Gasteiger partial charge < -0.3 is 10.1 Å². The van der Waals surface area contributed by atoms with Gasteiger partial charge in [-0.1, -0.05) is 43.3 Å². The average Bonchev–Trinajstić information content (AvgIpc) is 3.02. The number of nitrogens with one attached hydrogen (secondary N) is 1. The topological polar surface area (TPSA) is 58.6 Å². The van der Waals surface area contributed by atoms with E-state index in [1.165, 1.54) is 17.9 Å². The Morgan fingerprint density at radius 1 is 1.20 bits per heavy atom. The lowest BCUT2D eigenvalue weighted by Crippen LogP contribution is -2.37. The molecule has 0 saturated carbocycles. The Hall–Kier alpha value is -2.40. The zero-order valence-electron chi connectivity index (χ0n) is 14.7. The third-order valence-electron chi connectivity index (χ3n) is 4.76. The Labute approximate surface area is 148 Å². The fraction of sp³-hybridized carbons (Fsp3) is 0.400. The van der Waals surface area contributed by atoms with Gasteiger partial charge in [0.2, 0.25) is 5.91 Å². The van der Waals surface area contributed by atoms with Gasteiger partial charge in [0.1, 0.15) is 6.04 Å². The summed E-state index contributed by atoms with van der Waals surface area (Å²) in [6.07, 6.45) is 1.04. The van der Waals surface area contributed by atoms with E-state index in [0.29, 0.717) is 25.9 Å². The van der Waals surface area contributed by atoms with E-state index < -0.39 is 0 Å². The second kappa shape index (κ2) is 7.66. The van der Waals surface area contributed by atoms with Crippen molar-refractivity contribution in [1.82, 2.24) is 10.2 Å². The Balaban J connectivity index is 1.77. The molecule has 1 aliphatic rings. The summed E-state index contributed by atoms with van der Waals surface area (Å²) < 4.78 is 4.96. The highest BCUT2D eigenvalue weighted by Crippen LogP contribution is 2.24. The molecule has 5 nitrogen and oxygen atoms in total. The minimum absolute atomic E-state index is 0.0150. The number of nitrogens with zero attached hydrogens (tertiary/aromatic N) is 1. The number of amides is 1. The summed E-state index contributed by atoms with van der Waals surface area (Å²) in [6.45, 7) is 3.14. The molecule has 0 unspecified atom stereocenters. The number of esters is 1. The Morgan fingerprint density at radius 3 is 2.68 bits per heavy atom. The van der Waals surface area contributed by atoms with Crippen LogP contribution >= 0.6 is 0 Å². The van der Waals surface area contributed by atoms with Crippen LogP contribution in [0.25, 0.3) is 10.8 Å². The van der Waals surface area contributed by atoms with Crippen molar-refractivity contribution >= 4 is 22.6 Å². The second-order valence-corrected chi connectivity index (χ2v) is 6.50. The van der Waals surface area contributed by atoms with E-state index in [0.717, 1.165) is 5.56 Å². The standard InChI is InChI=1S/C20H24N2O3/c1-3-19(23)21-17-11-18(20(24)25-2)22(13-17)12-14-8-9-15-6-4-5-7-16(15)10-14/h4-10,17-18H,3,11-13H2,1-2H3,(H,21,23)/t17-,18-/m0/s1. The summed E-state index contributed by atoms with van der Waals surface area (Å²) in [4.78, 5) is 25.9. The number of methoxy groups -OCH3 is 1. The zero-order chi connectivity index (χ0) is 17.8. The number of likely N-dealkylation sites (tertiary alicyclic amines) is 1. The maximum atomic E-state index is 12.2. The fourth-order valence-electron chi connectivity index (χ4n) is 3.47. The van der Waals surface area contributed by atoms with E-state index in [1.54, 1.807) is 0 Å². The molecule has 1 heterocycles.